The lowest BCUT2D eigenvalue weighted by atomic mass is 9.91. The molecule has 1 amide bonds. The van der Waals surface area contributed by atoms with E-state index in [0.717, 1.165) is 16.7 Å². The second-order valence-electron chi connectivity index (χ2n) is 7.30. The van der Waals surface area contributed by atoms with Crippen LogP contribution in [0.3, 0.4) is 0 Å². The third kappa shape index (κ3) is 3.46. The van der Waals surface area contributed by atoms with Gasteiger partial charge in [0.05, 0.1) is 17.9 Å². The van der Waals surface area contributed by atoms with Gasteiger partial charge in [0.1, 0.15) is 11.7 Å². The molecule has 2 aliphatic rings. The summed E-state index contributed by atoms with van der Waals surface area (Å²) in [4.78, 5) is 20.8. The summed E-state index contributed by atoms with van der Waals surface area (Å²) in [5, 5.41) is 2.51. The van der Waals surface area contributed by atoms with E-state index in [1.165, 1.54) is 6.20 Å². The predicted molar refractivity (Wildman–Crippen MR) is 98.9 cm³/mol. The summed E-state index contributed by atoms with van der Waals surface area (Å²) in [6.07, 6.45) is -2.43. The molecule has 1 saturated carbocycles. The number of hydrogen-bond acceptors (Lipinski definition) is 4. The fourth-order valence-electron chi connectivity index (χ4n) is 3.66. The van der Waals surface area contributed by atoms with E-state index in [-0.39, 0.29) is 18.3 Å². The number of alkyl halides is 3. The van der Waals surface area contributed by atoms with E-state index in [9.17, 15) is 18.0 Å². The number of aromatic nitrogens is 1. The molecule has 4 rings (SSSR count). The van der Waals surface area contributed by atoms with Gasteiger partial charge in [-0.1, -0.05) is 24.3 Å². The first-order chi connectivity index (χ1) is 13.2. The molecule has 28 heavy (non-hydrogen) atoms. The van der Waals surface area contributed by atoms with Crippen molar-refractivity contribution in [2.75, 3.05) is 5.32 Å². The molecule has 1 aliphatic carbocycles. The summed E-state index contributed by atoms with van der Waals surface area (Å²) in [5.41, 5.74) is 9.79. The molecule has 2 unspecified atom stereocenters. The van der Waals surface area contributed by atoms with E-state index in [1.54, 1.807) is 6.07 Å². The number of carbonyl (C=O) groups excluding carboxylic acids is 1. The molecule has 1 aromatic heterocycles. The summed E-state index contributed by atoms with van der Waals surface area (Å²) in [6, 6.07) is 9.40. The van der Waals surface area contributed by atoms with Crippen LogP contribution in [0, 0.1) is 18.8 Å². The number of pyridine rings is 1. The summed E-state index contributed by atoms with van der Waals surface area (Å²) in [7, 11) is 0. The van der Waals surface area contributed by atoms with Gasteiger partial charge in [-0.25, -0.2) is 4.98 Å². The largest absolute Gasteiger partial charge is 0.392 e. The first-order valence-electron chi connectivity index (χ1n) is 8.99. The number of amides is 1. The monoisotopic (exact) mass is 388 g/mol. The lowest BCUT2D eigenvalue weighted by Gasteiger charge is -2.23. The number of benzene rings is 1. The molecule has 5 nitrogen and oxygen atoms in total. The number of anilines is 1. The highest BCUT2D eigenvalue weighted by Gasteiger charge is 2.58. The fraction of sp³-hybridized carbons (Fsp3) is 0.350. The topological polar surface area (TPSA) is 80.4 Å². The zero-order valence-electron chi connectivity index (χ0n) is 15.1. The minimum atomic E-state index is -4.34. The molecule has 1 aromatic carbocycles. The highest BCUT2D eigenvalue weighted by molar-refractivity contribution is 6.00. The molecule has 0 bridgehead atoms. The number of rotatable bonds is 3. The summed E-state index contributed by atoms with van der Waals surface area (Å²) >= 11 is 0. The Labute approximate surface area is 159 Å². The number of aliphatic imine (C=N–C) groups is 1. The number of hydrogen-bond donors (Lipinski definition) is 2. The minimum absolute atomic E-state index is 0.155. The normalized spacial score (nSPS) is 23.6. The van der Waals surface area contributed by atoms with Crippen LogP contribution in [0.4, 0.5) is 19.0 Å². The van der Waals surface area contributed by atoms with Crippen LogP contribution < -0.4 is 11.1 Å². The average molecular weight is 388 g/mol. The van der Waals surface area contributed by atoms with E-state index < -0.39 is 23.9 Å². The van der Waals surface area contributed by atoms with Gasteiger partial charge in [0, 0.05) is 11.8 Å². The van der Waals surface area contributed by atoms with Gasteiger partial charge in [-0.2, -0.15) is 13.2 Å². The summed E-state index contributed by atoms with van der Waals surface area (Å²) in [6.45, 7) is 2.00. The third-order valence-corrected chi connectivity index (χ3v) is 5.32. The second kappa shape index (κ2) is 6.61. The standard InChI is InChI=1S/C20H19F3N4O/c1-10-4-2-3-5-12(10)16-6-11-7-17(25-9-14(11)18(24)26-16)27-19(28)13-8-15(13)20(21,22)23/h2-5,7,9,13,15-16H,6,8H2,1H3,(H2,24,26)(H,25,27,28)/t13?,15-,16?/m0/s1. The van der Waals surface area contributed by atoms with E-state index in [2.05, 4.69) is 15.3 Å². The molecule has 8 heteroatoms. The Morgan fingerprint density at radius 3 is 2.71 bits per heavy atom. The molecule has 1 fully saturated rings. The number of carbonyl (C=O) groups is 1. The maximum absolute atomic E-state index is 12.7. The Bertz CT molecular complexity index is 970. The van der Waals surface area contributed by atoms with Gasteiger partial charge in [-0.15, -0.1) is 0 Å². The maximum atomic E-state index is 12.7. The highest BCUT2D eigenvalue weighted by Crippen LogP contribution is 2.50. The van der Waals surface area contributed by atoms with Gasteiger partial charge in [0.25, 0.3) is 0 Å². The van der Waals surface area contributed by atoms with Gasteiger partial charge in [0.2, 0.25) is 5.91 Å². The molecular weight excluding hydrogens is 369 g/mol. The average Bonchev–Trinajstić information content (AvgIpc) is 3.43. The molecule has 0 saturated heterocycles. The number of nitrogens with one attached hydrogen (secondary N) is 1. The van der Waals surface area contributed by atoms with Crippen molar-refractivity contribution in [3.05, 3.63) is 58.8 Å². The van der Waals surface area contributed by atoms with Crippen LogP contribution >= 0.6 is 0 Å². The van der Waals surface area contributed by atoms with E-state index >= 15 is 0 Å². The molecule has 3 atom stereocenters. The zero-order chi connectivity index (χ0) is 20.1. The number of amidine groups is 1. The highest BCUT2D eigenvalue weighted by atomic mass is 19.4. The van der Waals surface area contributed by atoms with Crippen LogP contribution in [0.5, 0.6) is 0 Å². The molecule has 146 valence electrons. The summed E-state index contributed by atoms with van der Waals surface area (Å²) in [5.74, 6) is -2.65. The Morgan fingerprint density at radius 2 is 2.04 bits per heavy atom. The lowest BCUT2D eigenvalue weighted by Crippen LogP contribution is -2.25. The van der Waals surface area contributed by atoms with Crippen LogP contribution in [-0.2, 0) is 11.2 Å². The number of aryl methyl sites for hydroxylation is 1. The van der Waals surface area contributed by atoms with Crippen molar-refractivity contribution < 1.29 is 18.0 Å². The number of nitrogens with zero attached hydrogens (tertiary/aromatic N) is 2. The maximum Gasteiger partial charge on any atom is 0.392 e. The molecule has 0 spiro atoms. The van der Waals surface area contributed by atoms with Gasteiger partial charge in [-0.3, -0.25) is 9.79 Å². The van der Waals surface area contributed by atoms with Crippen LogP contribution in [-0.4, -0.2) is 22.9 Å². The molecular formula is C20H19F3N4O. The quantitative estimate of drug-likeness (QED) is 0.844. The van der Waals surface area contributed by atoms with Crippen molar-refractivity contribution in [3.63, 3.8) is 0 Å². The van der Waals surface area contributed by atoms with Crippen LogP contribution in [0.1, 0.15) is 34.7 Å². The van der Waals surface area contributed by atoms with E-state index in [4.69, 9.17) is 5.73 Å². The second-order valence-corrected chi connectivity index (χ2v) is 7.30. The molecule has 3 N–H and O–H groups in total. The van der Waals surface area contributed by atoms with Crippen molar-refractivity contribution in [3.8, 4) is 0 Å². The third-order valence-electron chi connectivity index (χ3n) is 5.32. The van der Waals surface area contributed by atoms with Gasteiger partial charge in [0.15, 0.2) is 0 Å². The number of fused-ring (bicyclic) bond motifs is 1. The first-order valence-corrected chi connectivity index (χ1v) is 8.99. The lowest BCUT2D eigenvalue weighted by molar-refractivity contribution is -0.153. The predicted octanol–water partition coefficient (Wildman–Crippen LogP) is 3.53. The van der Waals surface area contributed by atoms with Crippen LogP contribution in [0.15, 0.2) is 41.5 Å². The number of halogens is 3. The fourth-order valence-corrected chi connectivity index (χ4v) is 3.66. The van der Waals surface area contributed by atoms with Gasteiger partial charge < -0.3 is 11.1 Å². The van der Waals surface area contributed by atoms with E-state index in [1.807, 2.05) is 31.2 Å². The van der Waals surface area contributed by atoms with Gasteiger partial charge >= 0.3 is 6.18 Å². The smallest absolute Gasteiger partial charge is 0.383 e. The molecule has 2 aromatic rings. The van der Waals surface area contributed by atoms with E-state index in [0.29, 0.717) is 17.8 Å². The van der Waals surface area contributed by atoms with Crippen molar-refractivity contribution >= 4 is 17.6 Å². The van der Waals surface area contributed by atoms with Crippen molar-refractivity contribution in [1.29, 1.82) is 0 Å². The Morgan fingerprint density at radius 1 is 1.29 bits per heavy atom. The molecule has 0 radical (unpaired) electrons. The van der Waals surface area contributed by atoms with Crippen LogP contribution in [0.25, 0.3) is 0 Å². The molecule has 1 aliphatic heterocycles. The minimum Gasteiger partial charge on any atom is -0.383 e. The molecule has 2 heterocycles. The SMILES string of the molecule is Cc1ccccc1C1Cc2cc(NC(=O)C3C[C@@H]3C(F)(F)F)ncc2C(N)=N1. The Balaban J connectivity index is 1.53. The van der Waals surface area contributed by atoms with Crippen LogP contribution in [0.2, 0.25) is 0 Å². The zero-order valence-corrected chi connectivity index (χ0v) is 15.1. The van der Waals surface area contributed by atoms with Crippen molar-refractivity contribution in [1.82, 2.24) is 4.98 Å². The summed E-state index contributed by atoms with van der Waals surface area (Å²) < 4.78 is 38.0. The number of nitrogens with two attached hydrogens (primary N) is 1. The van der Waals surface area contributed by atoms with Gasteiger partial charge in [-0.05, 0) is 42.5 Å². The Kier molecular flexibility index (Phi) is 4.36. The Hall–Kier alpha value is -2.90. The van der Waals surface area contributed by atoms with Crippen molar-refractivity contribution in [2.24, 2.45) is 22.6 Å². The first kappa shape index (κ1) is 18.5. The van der Waals surface area contributed by atoms with Crippen molar-refractivity contribution in [2.45, 2.75) is 32.0 Å².